The van der Waals surface area contributed by atoms with Crippen molar-refractivity contribution in [2.24, 2.45) is 5.73 Å². The van der Waals surface area contributed by atoms with Crippen LogP contribution in [0.5, 0.6) is 0 Å². The zero-order valence-electron chi connectivity index (χ0n) is 13.5. The highest BCUT2D eigenvalue weighted by Gasteiger charge is 2.38. The van der Waals surface area contributed by atoms with Gasteiger partial charge in [0.15, 0.2) is 0 Å². The molecule has 0 bridgehead atoms. The molecule has 1 aliphatic rings. The first-order valence-electron chi connectivity index (χ1n) is 7.76. The maximum Gasteiger partial charge on any atom is 0.412 e. The number of amides is 1. The Hall–Kier alpha value is -1.26. The predicted molar refractivity (Wildman–Crippen MR) is 90.5 cm³/mol. The van der Waals surface area contributed by atoms with E-state index in [4.69, 9.17) is 22.1 Å². The number of hydrogen-bond acceptors (Lipinski definition) is 3. The first-order valence-corrected chi connectivity index (χ1v) is 8.14. The van der Waals surface area contributed by atoms with E-state index < -0.39 is 11.7 Å². The number of anilines is 1. The van der Waals surface area contributed by atoms with Crippen molar-refractivity contribution >= 4 is 23.4 Å². The molecule has 4 nitrogen and oxygen atoms in total. The van der Waals surface area contributed by atoms with Crippen LogP contribution in [0.2, 0.25) is 5.02 Å². The third-order valence-electron chi connectivity index (χ3n) is 4.15. The molecule has 2 rings (SSSR count). The van der Waals surface area contributed by atoms with Crippen molar-refractivity contribution in [1.82, 2.24) is 0 Å². The molecule has 1 saturated carbocycles. The minimum Gasteiger partial charge on any atom is -0.444 e. The van der Waals surface area contributed by atoms with Gasteiger partial charge in [-0.3, -0.25) is 5.32 Å². The SMILES string of the molecule is CC(C)(C)OC(=O)Nc1ccc(C2(CCN)CCC2)cc1Cl. The number of hydrogen-bond donors (Lipinski definition) is 2. The number of benzene rings is 1. The van der Waals surface area contributed by atoms with Crippen LogP contribution in [0.4, 0.5) is 10.5 Å². The van der Waals surface area contributed by atoms with Gasteiger partial charge in [-0.05, 0) is 69.7 Å². The van der Waals surface area contributed by atoms with Crippen LogP contribution in [-0.4, -0.2) is 18.2 Å². The zero-order valence-corrected chi connectivity index (χ0v) is 14.3. The number of carbonyl (C=O) groups is 1. The van der Waals surface area contributed by atoms with Crippen molar-refractivity contribution in [2.45, 2.75) is 57.5 Å². The molecular formula is C17H25ClN2O2. The Morgan fingerprint density at radius 1 is 1.41 bits per heavy atom. The molecule has 22 heavy (non-hydrogen) atoms. The van der Waals surface area contributed by atoms with E-state index in [0.29, 0.717) is 17.3 Å². The van der Waals surface area contributed by atoms with Gasteiger partial charge in [0.05, 0.1) is 10.7 Å². The highest BCUT2D eigenvalue weighted by atomic mass is 35.5. The van der Waals surface area contributed by atoms with Crippen molar-refractivity contribution < 1.29 is 9.53 Å². The molecular weight excluding hydrogens is 300 g/mol. The third kappa shape index (κ3) is 3.93. The van der Waals surface area contributed by atoms with Crippen LogP contribution in [0.3, 0.4) is 0 Å². The lowest BCUT2D eigenvalue weighted by atomic mass is 9.62. The van der Waals surface area contributed by atoms with Crippen LogP contribution >= 0.6 is 11.6 Å². The van der Waals surface area contributed by atoms with Crippen LogP contribution in [-0.2, 0) is 10.2 Å². The van der Waals surface area contributed by atoms with Crippen LogP contribution in [0.1, 0.15) is 52.0 Å². The number of nitrogens with two attached hydrogens (primary N) is 1. The van der Waals surface area contributed by atoms with Gasteiger partial charge >= 0.3 is 6.09 Å². The van der Waals surface area contributed by atoms with E-state index in [-0.39, 0.29) is 5.41 Å². The summed E-state index contributed by atoms with van der Waals surface area (Å²) in [7, 11) is 0. The molecule has 0 aromatic heterocycles. The summed E-state index contributed by atoms with van der Waals surface area (Å²) in [6, 6.07) is 5.83. The molecule has 0 atom stereocenters. The van der Waals surface area contributed by atoms with Gasteiger partial charge in [-0.25, -0.2) is 4.79 Å². The van der Waals surface area contributed by atoms with Crippen molar-refractivity contribution in [2.75, 3.05) is 11.9 Å². The minimum atomic E-state index is -0.534. The second-order valence-corrected chi connectivity index (χ2v) is 7.40. The van der Waals surface area contributed by atoms with E-state index in [1.54, 1.807) is 0 Å². The normalized spacial score (nSPS) is 16.8. The van der Waals surface area contributed by atoms with Gasteiger partial charge in [-0.2, -0.15) is 0 Å². The Balaban J connectivity index is 2.11. The monoisotopic (exact) mass is 324 g/mol. The average molecular weight is 325 g/mol. The number of ether oxygens (including phenoxy) is 1. The molecule has 1 aromatic carbocycles. The Bertz CT molecular complexity index is 548. The fraction of sp³-hybridized carbons (Fsp3) is 0.588. The highest BCUT2D eigenvalue weighted by molar-refractivity contribution is 6.33. The first kappa shape index (κ1) is 17.1. The lowest BCUT2D eigenvalue weighted by Crippen LogP contribution is -2.36. The van der Waals surface area contributed by atoms with Crippen LogP contribution in [0, 0.1) is 0 Å². The van der Waals surface area contributed by atoms with E-state index in [0.717, 1.165) is 19.3 Å². The van der Waals surface area contributed by atoms with Gasteiger partial charge < -0.3 is 10.5 Å². The van der Waals surface area contributed by atoms with E-state index in [9.17, 15) is 4.79 Å². The topological polar surface area (TPSA) is 64.3 Å². The first-order chi connectivity index (χ1) is 10.3. The van der Waals surface area contributed by atoms with E-state index in [1.807, 2.05) is 39.0 Å². The van der Waals surface area contributed by atoms with E-state index in [2.05, 4.69) is 5.32 Å². The van der Waals surface area contributed by atoms with Gasteiger partial charge in [-0.1, -0.05) is 24.1 Å². The second kappa shape index (κ2) is 6.47. The Kier molecular flexibility index (Phi) is 5.03. The molecule has 122 valence electrons. The van der Waals surface area contributed by atoms with Gasteiger partial charge in [0.2, 0.25) is 0 Å². The lowest BCUT2D eigenvalue weighted by molar-refractivity contribution is 0.0636. The molecule has 0 spiro atoms. The number of carbonyl (C=O) groups excluding carboxylic acids is 1. The lowest BCUT2D eigenvalue weighted by Gasteiger charge is -2.42. The summed E-state index contributed by atoms with van der Waals surface area (Å²) in [5.41, 5.74) is 7.17. The van der Waals surface area contributed by atoms with Crippen molar-refractivity contribution in [1.29, 1.82) is 0 Å². The molecule has 0 heterocycles. The number of rotatable bonds is 4. The van der Waals surface area contributed by atoms with Crippen molar-refractivity contribution in [3.05, 3.63) is 28.8 Å². The Morgan fingerprint density at radius 3 is 2.55 bits per heavy atom. The Morgan fingerprint density at radius 2 is 2.09 bits per heavy atom. The summed E-state index contributed by atoms with van der Waals surface area (Å²) in [6.45, 7) is 6.15. The van der Waals surface area contributed by atoms with Gasteiger partial charge in [0.25, 0.3) is 0 Å². The number of halogens is 1. The minimum absolute atomic E-state index is 0.169. The fourth-order valence-corrected chi connectivity index (χ4v) is 3.15. The number of nitrogens with one attached hydrogen (secondary N) is 1. The summed E-state index contributed by atoms with van der Waals surface area (Å²) in [4.78, 5) is 11.8. The average Bonchev–Trinajstić information content (AvgIpc) is 2.34. The van der Waals surface area contributed by atoms with E-state index >= 15 is 0 Å². The van der Waals surface area contributed by atoms with Crippen LogP contribution in [0.15, 0.2) is 18.2 Å². The third-order valence-corrected chi connectivity index (χ3v) is 4.46. The summed E-state index contributed by atoms with van der Waals surface area (Å²) in [5.74, 6) is 0. The molecule has 5 heteroatoms. The van der Waals surface area contributed by atoms with Gasteiger partial charge in [-0.15, -0.1) is 0 Å². The summed E-state index contributed by atoms with van der Waals surface area (Å²) >= 11 is 6.33. The fourth-order valence-electron chi connectivity index (χ4n) is 2.92. The maximum absolute atomic E-state index is 11.8. The van der Waals surface area contributed by atoms with E-state index in [1.165, 1.54) is 12.0 Å². The quantitative estimate of drug-likeness (QED) is 0.859. The van der Waals surface area contributed by atoms with Gasteiger partial charge in [0, 0.05) is 0 Å². The largest absolute Gasteiger partial charge is 0.444 e. The van der Waals surface area contributed by atoms with Crippen LogP contribution < -0.4 is 11.1 Å². The standard InChI is InChI=1S/C17H25ClN2O2/c1-16(2,3)22-15(21)20-14-6-5-12(11-13(14)18)17(9-10-19)7-4-8-17/h5-6,11H,4,7-10,19H2,1-3H3,(H,20,21). The molecule has 0 saturated heterocycles. The molecule has 0 unspecified atom stereocenters. The van der Waals surface area contributed by atoms with Crippen molar-refractivity contribution in [3.8, 4) is 0 Å². The molecule has 0 radical (unpaired) electrons. The molecule has 1 aromatic rings. The predicted octanol–water partition coefficient (Wildman–Crippen LogP) is 4.46. The summed E-state index contributed by atoms with van der Waals surface area (Å²) in [5, 5.41) is 3.23. The van der Waals surface area contributed by atoms with Crippen molar-refractivity contribution in [3.63, 3.8) is 0 Å². The molecule has 0 aliphatic heterocycles. The van der Waals surface area contributed by atoms with Crippen LogP contribution in [0.25, 0.3) is 0 Å². The smallest absolute Gasteiger partial charge is 0.412 e. The molecule has 1 aliphatic carbocycles. The Labute approximate surface area is 137 Å². The molecule has 3 N–H and O–H groups in total. The summed E-state index contributed by atoms with van der Waals surface area (Å²) < 4.78 is 5.24. The molecule has 1 fully saturated rings. The maximum atomic E-state index is 11.8. The second-order valence-electron chi connectivity index (χ2n) is 6.99. The summed E-state index contributed by atoms with van der Waals surface area (Å²) in [6.07, 6.45) is 4.01. The molecule has 1 amide bonds. The van der Waals surface area contributed by atoms with Gasteiger partial charge in [0.1, 0.15) is 5.60 Å². The zero-order chi connectivity index (χ0) is 16.4. The highest BCUT2D eigenvalue weighted by Crippen LogP contribution is 2.47.